The fourth-order valence-electron chi connectivity index (χ4n) is 3.54. The van der Waals surface area contributed by atoms with Gasteiger partial charge < -0.3 is 9.47 Å². The molecular formula is C24H25ClN2O3S2. The second-order valence-electron chi connectivity index (χ2n) is 7.14. The highest BCUT2D eigenvalue weighted by Gasteiger charge is 2.18. The third-order valence-electron chi connectivity index (χ3n) is 5.06. The summed E-state index contributed by atoms with van der Waals surface area (Å²) in [4.78, 5) is 18.5. The van der Waals surface area contributed by atoms with Crippen LogP contribution in [0.1, 0.15) is 25.8 Å². The third-order valence-corrected chi connectivity index (χ3v) is 7.60. The van der Waals surface area contributed by atoms with E-state index in [4.69, 9.17) is 26.1 Å². The Morgan fingerprint density at radius 1 is 1.09 bits per heavy atom. The maximum Gasteiger partial charge on any atom is 0.272 e. The van der Waals surface area contributed by atoms with Crippen molar-refractivity contribution < 1.29 is 9.47 Å². The van der Waals surface area contributed by atoms with Gasteiger partial charge in [0.05, 0.1) is 5.52 Å². The molecule has 8 heteroatoms. The van der Waals surface area contributed by atoms with Crippen molar-refractivity contribution in [3.8, 4) is 0 Å². The minimum Gasteiger partial charge on any atom is -0.353 e. The Kier molecular flexibility index (Phi) is 7.86. The van der Waals surface area contributed by atoms with Crippen LogP contribution in [0.15, 0.2) is 58.5 Å². The molecule has 0 aliphatic heterocycles. The molecule has 0 aliphatic rings. The number of thiophene rings is 1. The summed E-state index contributed by atoms with van der Waals surface area (Å²) >= 11 is 9.37. The quantitative estimate of drug-likeness (QED) is 0.148. The van der Waals surface area contributed by atoms with Crippen LogP contribution >= 0.6 is 34.7 Å². The molecule has 0 N–H and O–H groups in total. The van der Waals surface area contributed by atoms with Crippen molar-refractivity contribution in [3.63, 3.8) is 0 Å². The van der Waals surface area contributed by atoms with Crippen LogP contribution in [0.5, 0.6) is 0 Å². The number of aromatic nitrogens is 2. The van der Waals surface area contributed by atoms with Crippen LogP contribution in [0.3, 0.4) is 0 Å². The molecule has 4 aromatic rings. The van der Waals surface area contributed by atoms with E-state index in [1.807, 2.05) is 62.4 Å². The standard InChI is InChI=1S/C24H25ClN2O3S2/c1-3-29-20(30-4-2)13-14-27-23(28)22-21(17-10-6-8-12-19(17)32-22)26-24(27)31-15-16-9-5-7-11-18(16)25/h5-12,20H,3-4,13-15H2,1-2H3. The van der Waals surface area contributed by atoms with Gasteiger partial charge >= 0.3 is 0 Å². The van der Waals surface area contributed by atoms with Crippen molar-refractivity contribution in [1.82, 2.24) is 9.55 Å². The summed E-state index contributed by atoms with van der Waals surface area (Å²) < 4.78 is 14.9. The van der Waals surface area contributed by atoms with Crippen LogP contribution in [0.2, 0.25) is 5.02 Å². The average molecular weight is 489 g/mol. The highest BCUT2D eigenvalue weighted by molar-refractivity contribution is 7.98. The van der Waals surface area contributed by atoms with Gasteiger partial charge in [0.1, 0.15) is 4.70 Å². The van der Waals surface area contributed by atoms with Crippen LogP contribution in [0, 0.1) is 0 Å². The van der Waals surface area contributed by atoms with E-state index in [2.05, 4.69) is 0 Å². The Balaban J connectivity index is 1.73. The predicted molar refractivity (Wildman–Crippen MR) is 134 cm³/mol. The normalized spacial score (nSPS) is 11.8. The zero-order valence-electron chi connectivity index (χ0n) is 18.0. The number of hydrogen-bond donors (Lipinski definition) is 0. The lowest BCUT2D eigenvalue weighted by atomic mass is 10.2. The molecule has 0 fully saturated rings. The predicted octanol–water partition coefficient (Wildman–Crippen LogP) is 6.35. The molecule has 0 spiro atoms. The first kappa shape index (κ1) is 23.3. The minimum absolute atomic E-state index is 0.0235. The Hall–Kier alpha value is -1.90. The first-order valence-corrected chi connectivity index (χ1v) is 12.8. The Labute approximate surface area is 200 Å². The highest BCUT2D eigenvalue weighted by Crippen LogP contribution is 2.33. The number of fused-ring (bicyclic) bond motifs is 3. The number of rotatable bonds is 10. The van der Waals surface area contributed by atoms with E-state index in [0.717, 1.165) is 21.2 Å². The second kappa shape index (κ2) is 10.8. The summed E-state index contributed by atoms with van der Waals surface area (Å²) in [5.41, 5.74) is 1.75. The summed E-state index contributed by atoms with van der Waals surface area (Å²) in [5.74, 6) is 0.625. The molecule has 168 valence electrons. The molecular weight excluding hydrogens is 464 g/mol. The number of nitrogens with zero attached hydrogens (tertiary/aromatic N) is 2. The van der Waals surface area contributed by atoms with E-state index < -0.39 is 0 Å². The van der Waals surface area contributed by atoms with E-state index in [9.17, 15) is 4.79 Å². The van der Waals surface area contributed by atoms with Gasteiger partial charge in [-0.15, -0.1) is 11.3 Å². The Morgan fingerprint density at radius 3 is 2.56 bits per heavy atom. The summed E-state index contributed by atoms with van der Waals surface area (Å²) in [5, 5.41) is 2.40. The topological polar surface area (TPSA) is 53.4 Å². The number of benzene rings is 2. The van der Waals surface area contributed by atoms with Crippen LogP contribution < -0.4 is 5.56 Å². The summed E-state index contributed by atoms with van der Waals surface area (Å²) in [6, 6.07) is 15.8. The van der Waals surface area contributed by atoms with Gasteiger partial charge in [-0.25, -0.2) is 4.98 Å². The Morgan fingerprint density at radius 2 is 1.81 bits per heavy atom. The number of hydrogen-bond acceptors (Lipinski definition) is 6. The van der Waals surface area contributed by atoms with Gasteiger partial charge in [-0.1, -0.05) is 59.8 Å². The van der Waals surface area contributed by atoms with Gasteiger partial charge in [-0.2, -0.15) is 0 Å². The van der Waals surface area contributed by atoms with Crippen molar-refractivity contribution in [1.29, 1.82) is 0 Å². The van der Waals surface area contributed by atoms with E-state index in [1.165, 1.54) is 23.1 Å². The van der Waals surface area contributed by atoms with Crippen molar-refractivity contribution in [3.05, 3.63) is 69.5 Å². The summed E-state index contributed by atoms with van der Waals surface area (Å²) in [7, 11) is 0. The first-order valence-electron chi connectivity index (χ1n) is 10.6. The van der Waals surface area contributed by atoms with Crippen molar-refractivity contribution in [2.24, 2.45) is 0 Å². The van der Waals surface area contributed by atoms with Crippen molar-refractivity contribution in [2.75, 3.05) is 13.2 Å². The van der Waals surface area contributed by atoms with Crippen LogP contribution in [-0.2, 0) is 21.8 Å². The zero-order chi connectivity index (χ0) is 22.5. The van der Waals surface area contributed by atoms with Gasteiger partial charge in [-0.05, 0) is 31.5 Å². The molecule has 5 nitrogen and oxygen atoms in total. The molecule has 2 aromatic carbocycles. The first-order chi connectivity index (χ1) is 15.6. The second-order valence-corrected chi connectivity index (χ2v) is 9.54. The molecule has 0 aliphatic carbocycles. The molecule has 0 unspecified atom stereocenters. The fourth-order valence-corrected chi connectivity index (χ4v) is 5.93. The molecule has 0 radical (unpaired) electrons. The smallest absolute Gasteiger partial charge is 0.272 e. The van der Waals surface area contributed by atoms with Gasteiger partial charge in [0.25, 0.3) is 5.56 Å². The molecule has 4 rings (SSSR count). The van der Waals surface area contributed by atoms with Gasteiger partial charge in [0, 0.05) is 47.0 Å². The molecule has 2 aromatic heterocycles. The van der Waals surface area contributed by atoms with E-state index in [0.29, 0.717) is 46.8 Å². The van der Waals surface area contributed by atoms with Crippen LogP contribution in [0.4, 0.5) is 0 Å². The maximum absolute atomic E-state index is 13.5. The van der Waals surface area contributed by atoms with Gasteiger partial charge in [0.15, 0.2) is 11.4 Å². The van der Waals surface area contributed by atoms with Crippen molar-refractivity contribution >= 4 is 55.0 Å². The van der Waals surface area contributed by atoms with Gasteiger partial charge in [-0.3, -0.25) is 9.36 Å². The Bertz CT molecular complexity index is 1270. The number of thioether (sulfide) groups is 1. The van der Waals surface area contributed by atoms with E-state index in [1.54, 1.807) is 4.57 Å². The van der Waals surface area contributed by atoms with E-state index in [-0.39, 0.29) is 11.8 Å². The minimum atomic E-state index is -0.351. The molecule has 0 saturated heterocycles. The number of halogens is 1. The summed E-state index contributed by atoms with van der Waals surface area (Å²) in [6.07, 6.45) is 0.218. The van der Waals surface area contributed by atoms with Crippen LogP contribution in [-0.4, -0.2) is 29.1 Å². The SMILES string of the molecule is CCOC(CCn1c(SCc2ccccc2Cl)nc2c(sc3ccccc32)c1=O)OCC. The lowest BCUT2D eigenvalue weighted by Crippen LogP contribution is -2.27. The highest BCUT2D eigenvalue weighted by atomic mass is 35.5. The molecule has 32 heavy (non-hydrogen) atoms. The lowest BCUT2D eigenvalue weighted by Gasteiger charge is -2.18. The zero-order valence-corrected chi connectivity index (χ0v) is 20.4. The molecule has 0 saturated carbocycles. The molecule has 0 amide bonds. The lowest BCUT2D eigenvalue weighted by molar-refractivity contribution is -0.141. The largest absolute Gasteiger partial charge is 0.353 e. The molecule has 0 atom stereocenters. The summed E-state index contributed by atoms with van der Waals surface area (Å²) in [6.45, 7) is 5.45. The van der Waals surface area contributed by atoms with E-state index >= 15 is 0 Å². The monoisotopic (exact) mass is 488 g/mol. The molecule has 2 heterocycles. The number of ether oxygens (including phenoxy) is 2. The molecule has 0 bridgehead atoms. The van der Waals surface area contributed by atoms with Crippen molar-refractivity contribution in [2.45, 2.75) is 44.0 Å². The maximum atomic E-state index is 13.5. The fraction of sp³-hybridized carbons (Fsp3) is 0.333. The van der Waals surface area contributed by atoms with Crippen LogP contribution in [0.25, 0.3) is 20.3 Å². The third kappa shape index (κ3) is 5.02. The van der Waals surface area contributed by atoms with Gasteiger partial charge in [0.2, 0.25) is 0 Å². The average Bonchev–Trinajstić information content (AvgIpc) is 3.17.